The second-order valence-corrected chi connectivity index (χ2v) is 11.5. The van der Waals surface area contributed by atoms with Crippen molar-refractivity contribution in [2.45, 2.75) is 51.3 Å². The first kappa shape index (κ1) is 24.5. The number of nitrogens with one attached hydrogen (secondary N) is 1. The zero-order valence-electron chi connectivity index (χ0n) is 20.3. The lowest BCUT2D eigenvalue weighted by atomic mass is 9.96. The lowest BCUT2D eigenvalue weighted by molar-refractivity contribution is 0.0697. The van der Waals surface area contributed by atoms with E-state index in [1.807, 2.05) is 19.9 Å². The quantitative estimate of drug-likeness (QED) is 0.603. The first-order valence-corrected chi connectivity index (χ1v) is 13.6. The van der Waals surface area contributed by atoms with Gasteiger partial charge < -0.3 is 14.9 Å². The molecule has 2 N–H and O–H groups in total. The summed E-state index contributed by atoms with van der Waals surface area (Å²) in [7, 11) is -3.85. The molecule has 0 unspecified atom stereocenters. The summed E-state index contributed by atoms with van der Waals surface area (Å²) < 4.78 is 28.8. The van der Waals surface area contributed by atoms with E-state index in [0.29, 0.717) is 17.2 Å². The maximum atomic E-state index is 13.1. The van der Waals surface area contributed by atoms with E-state index >= 15 is 0 Å². The summed E-state index contributed by atoms with van der Waals surface area (Å²) in [6, 6.07) is 8.36. The summed E-state index contributed by atoms with van der Waals surface area (Å²) in [6.07, 6.45) is 4.71. The number of carboxylic acids is 1. The van der Waals surface area contributed by atoms with E-state index in [1.165, 1.54) is 18.9 Å². The first-order valence-electron chi connectivity index (χ1n) is 12.1. The third-order valence-electron chi connectivity index (χ3n) is 7.13. The molecule has 8 heteroatoms. The molecule has 4 rings (SSSR count). The van der Waals surface area contributed by atoms with Gasteiger partial charge in [0.1, 0.15) is 0 Å². The third kappa shape index (κ3) is 5.39. The van der Waals surface area contributed by atoms with Crippen molar-refractivity contribution in [2.75, 3.05) is 42.3 Å². The smallest absolute Gasteiger partial charge is 0.337 e. The number of nitrogens with zero attached hydrogens (tertiary/aromatic N) is 2. The van der Waals surface area contributed by atoms with Crippen LogP contribution in [0, 0.1) is 26.7 Å². The molecule has 0 spiro atoms. The predicted molar refractivity (Wildman–Crippen MR) is 135 cm³/mol. The van der Waals surface area contributed by atoms with E-state index in [0.717, 1.165) is 56.7 Å². The van der Waals surface area contributed by atoms with Gasteiger partial charge in [-0.05, 0) is 106 Å². The molecule has 2 saturated heterocycles. The maximum absolute atomic E-state index is 13.1. The summed E-state index contributed by atoms with van der Waals surface area (Å²) >= 11 is 0. The maximum Gasteiger partial charge on any atom is 0.337 e. The summed E-state index contributed by atoms with van der Waals surface area (Å²) in [6.45, 7) is 10.6. The molecular formula is C26H35N3O4S. The van der Waals surface area contributed by atoms with E-state index < -0.39 is 16.0 Å². The predicted octanol–water partition coefficient (Wildman–Crippen LogP) is 4.42. The van der Waals surface area contributed by atoms with Crippen LogP contribution in [0.2, 0.25) is 0 Å². The van der Waals surface area contributed by atoms with Crippen LogP contribution >= 0.6 is 0 Å². The Balaban J connectivity index is 1.56. The lowest BCUT2D eigenvalue weighted by Gasteiger charge is -2.36. The first-order chi connectivity index (χ1) is 16.1. The highest BCUT2D eigenvalue weighted by molar-refractivity contribution is 7.92. The molecule has 2 aliphatic rings. The van der Waals surface area contributed by atoms with Gasteiger partial charge in [0.2, 0.25) is 0 Å². The molecule has 0 radical (unpaired) electrons. The highest BCUT2D eigenvalue weighted by Gasteiger charge is 2.27. The van der Waals surface area contributed by atoms with Crippen molar-refractivity contribution < 1.29 is 18.3 Å². The average Bonchev–Trinajstić information content (AvgIpc) is 3.29. The normalized spacial score (nSPS) is 19.4. The summed E-state index contributed by atoms with van der Waals surface area (Å²) in [5.74, 6) is -0.542. The van der Waals surface area contributed by atoms with Crippen LogP contribution in [0.5, 0.6) is 0 Å². The van der Waals surface area contributed by atoms with Crippen molar-refractivity contribution >= 4 is 27.4 Å². The Morgan fingerprint density at radius 1 is 1.00 bits per heavy atom. The molecule has 0 amide bonds. The van der Waals surface area contributed by atoms with Gasteiger partial charge in [-0.25, -0.2) is 13.2 Å². The molecule has 7 nitrogen and oxygen atoms in total. The van der Waals surface area contributed by atoms with Crippen molar-refractivity contribution in [3.63, 3.8) is 0 Å². The standard InChI is InChI=1S/C26H35N3O4S/c1-18-13-20(3)25(14-19(18)2)34(32,33)27-22-8-9-24(23(15-22)26(30)31)29-12-6-7-21(17-29)16-28-10-4-5-11-28/h8-9,13-15,21,27H,4-7,10-12,16-17H2,1-3H3,(H,30,31)/t21-/m0/s1. The molecule has 2 fully saturated rings. The fourth-order valence-electron chi connectivity index (χ4n) is 5.24. The summed E-state index contributed by atoms with van der Waals surface area (Å²) in [4.78, 5) is 17.0. The van der Waals surface area contributed by atoms with Crippen LogP contribution in [0.15, 0.2) is 35.2 Å². The highest BCUT2D eigenvalue weighted by atomic mass is 32.2. The van der Waals surface area contributed by atoms with Gasteiger partial charge in [0.05, 0.1) is 16.1 Å². The largest absolute Gasteiger partial charge is 0.478 e. The van der Waals surface area contributed by atoms with Crippen LogP contribution in [-0.4, -0.2) is 57.1 Å². The van der Waals surface area contributed by atoms with Gasteiger partial charge in [0.25, 0.3) is 10.0 Å². The van der Waals surface area contributed by atoms with Gasteiger partial charge in [0.15, 0.2) is 0 Å². The Labute approximate surface area is 202 Å². The second kappa shape index (κ2) is 9.96. The number of carboxylic acid groups (broad SMARTS) is 1. The highest BCUT2D eigenvalue weighted by Crippen LogP contribution is 2.31. The Kier molecular flexibility index (Phi) is 7.19. The number of likely N-dealkylation sites (tertiary alicyclic amines) is 1. The minimum Gasteiger partial charge on any atom is -0.478 e. The molecule has 34 heavy (non-hydrogen) atoms. The zero-order chi connectivity index (χ0) is 24.5. The monoisotopic (exact) mass is 485 g/mol. The van der Waals surface area contributed by atoms with Gasteiger partial charge in [0, 0.05) is 25.3 Å². The molecule has 0 aromatic heterocycles. The van der Waals surface area contributed by atoms with Crippen LogP contribution in [0.25, 0.3) is 0 Å². The molecule has 184 valence electrons. The minimum absolute atomic E-state index is 0.124. The topological polar surface area (TPSA) is 90.0 Å². The van der Waals surface area contributed by atoms with Crippen LogP contribution in [-0.2, 0) is 10.0 Å². The van der Waals surface area contributed by atoms with Crippen LogP contribution in [0.1, 0.15) is 52.7 Å². The number of aromatic carboxylic acids is 1. The molecule has 2 aromatic carbocycles. The SMILES string of the molecule is Cc1cc(C)c(S(=O)(=O)Nc2ccc(N3CCC[C@@H](CN4CCCC4)C3)c(C(=O)O)c2)cc1C. The fourth-order valence-corrected chi connectivity index (χ4v) is 6.61. The number of hydrogen-bond donors (Lipinski definition) is 2. The van der Waals surface area contributed by atoms with E-state index in [1.54, 1.807) is 25.1 Å². The zero-order valence-corrected chi connectivity index (χ0v) is 21.1. The molecule has 2 aliphatic heterocycles. The van der Waals surface area contributed by atoms with Gasteiger partial charge in [-0.2, -0.15) is 0 Å². The van der Waals surface area contributed by atoms with Crippen LogP contribution in [0.3, 0.4) is 0 Å². The number of carbonyl (C=O) groups is 1. The summed E-state index contributed by atoms with van der Waals surface area (Å²) in [5.41, 5.74) is 3.61. The molecule has 1 atom stereocenters. The van der Waals surface area contributed by atoms with E-state index in [4.69, 9.17) is 0 Å². The molecule has 0 bridgehead atoms. The van der Waals surface area contributed by atoms with Gasteiger partial charge in [-0.1, -0.05) is 6.07 Å². The van der Waals surface area contributed by atoms with E-state index in [-0.39, 0.29) is 16.1 Å². The van der Waals surface area contributed by atoms with Crippen molar-refractivity contribution in [1.29, 1.82) is 0 Å². The average molecular weight is 486 g/mol. The molecule has 0 aliphatic carbocycles. The van der Waals surface area contributed by atoms with Crippen molar-refractivity contribution in [1.82, 2.24) is 4.90 Å². The molecule has 2 heterocycles. The Morgan fingerprint density at radius 3 is 2.41 bits per heavy atom. The van der Waals surface area contributed by atoms with Gasteiger partial charge >= 0.3 is 5.97 Å². The van der Waals surface area contributed by atoms with Crippen molar-refractivity contribution in [3.8, 4) is 0 Å². The Morgan fingerprint density at radius 2 is 1.71 bits per heavy atom. The number of aryl methyl sites for hydroxylation is 3. The number of anilines is 2. The summed E-state index contributed by atoms with van der Waals surface area (Å²) in [5, 5.41) is 9.93. The van der Waals surface area contributed by atoms with Gasteiger partial charge in [-0.3, -0.25) is 4.72 Å². The number of sulfonamides is 1. The molecule has 2 aromatic rings. The van der Waals surface area contributed by atoms with Crippen LogP contribution in [0.4, 0.5) is 11.4 Å². The van der Waals surface area contributed by atoms with E-state index in [9.17, 15) is 18.3 Å². The Hall–Kier alpha value is -2.58. The fraction of sp³-hybridized carbons (Fsp3) is 0.500. The number of benzene rings is 2. The van der Waals surface area contributed by atoms with Crippen molar-refractivity contribution in [3.05, 3.63) is 52.6 Å². The number of hydrogen-bond acceptors (Lipinski definition) is 5. The van der Waals surface area contributed by atoms with Gasteiger partial charge in [-0.15, -0.1) is 0 Å². The minimum atomic E-state index is -3.85. The van der Waals surface area contributed by atoms with Crippen LogP contribution < -0.4 is 9.62 Å². The second-order valence-electron chi connectivity index (χ2n) is 9.81. The Bertz CT molecular complexity index is 1170. The lowest BCUT2D eigenvalue weighted by Crippen LogP contribution is -2.41. The molecular weight excluding hydrogens is 450 g/mol. The third-order valence-corrected chi connectivity index (χ3v) is 8.66. The number of piperidine rings is 1. The van der Waals surface area contributed by atoms with Crippen molar-refractivity contribution in [2.24, 2.45) is 5.92 Å². The number of rotatable bonds is 7. The van der Waals surface area contributed by atoms with E-state index in [2.05, 4.69) is 14.5 Å². The molecule has 0 saturated carbocycles.